The minimum Gasteiger partial charge on any atom is -0.339 e. The van der Waals surface area contributed by atoms with Crippen molar-refractivity contribution in [1.29, 1.82) is 5.26 Å². The van der Waals surface area contributed by atoms with Gasteiger partial charge in [0, 0.05) is 32.2 Å². The van der Waals surface area contributed by atoms with E-state index in [1.54, 1.807) is 0 Å². The van der Waals surface area contributed by atoms with Crippen LogP contribution in [-0.2, 0) is 10.2 Å². The number of nitriles is 1. The SMILES string of the molecule is C[C@H](CC#N)N1CCN(C(=O)C(C)(C)c2ccccc2)CC1. The van der Waals surface area contributed by atoms with Crippen LogP contribution in [0.15, 0.2) is 30.3 Å². The van der Waals surface area contributed by atoms with E-state index >= 15 is 0 Å². The van der Waals surface area contributed by atoms with Crippen molar-refractivity contribution in [3.05, 3.63) is 35.9 Å². The summed E-state index contributed by atoms with van der Waals surface area (Å²) in [5.74, 6) is 0.186. The maximum absolute atomic E-state index is 12.9. The minimum atomic E-state index is -0.498. The van der Waals surface area contributed by atoms with Gasteiger partial charge in [0.25, 0.3) is 0 Å². The van der Waals surface area contributed by atoms with E-state index in [2.05, 4.69) is 17.9 Å². The molecule has 0 bridgehead atoms. The van der Waals surface area contributed by atoms with E-state index in [4.69, 9.17) is 5.26 Å². The number of piperazine rings is 1. The predicted molar refractivity (Wildman–Crippen MR) is 87.3 cm³/mol. The Balaban J connectivity index is 1.99. The Hall–Kier alpha value is -1.86. The minimum absolute atomic E-state index is 0.186. The van der Waals surface area contributed by atoms with Crippen LogP contribution in [0.5, 0.6) is 0 Å². The van der Waals surface area contributed by atoms with Crippen LogP contribution in [0.4, 0.5) is 0 Å². The van der Waals surface area contributed by atoms with Gasteiger partial charge in [-0.05, 0) is 26.3 Å². The van der Waals surface area contributed by atoms with Gasteiger partial charge in [0.2, 0.25) is 5.91 Å². The van der Waals surface area contributed by atoms with Crippen molar-refractivity contribution in [2.45, 2.75) is 38.6 Å². The summed E-state index contributed by atoms with van der Waals surface area (Å²) in [6.45, 7) is 9.24. The quantitative estimate of drug-likeness (QED) is 0.858. The molecule has 0 saturated carbocycles. The lowest BCUT2D eigenvalue weighted by molar-refractivity contribution is -0.138. The Morgan fingerprint density at radius 2 is 1.82 bits per heavy atom. The van der Waals surface area contributed by atoms with Crippen LogP contribution < -0.4 is 0 Å². The summed E-state index contributed by atoms with van der Waals surface area (Å²) in [7, 11) is 0. The van der Waals surface area contributed by atoms with E-state index in [1.165, 1.54) is 0 Å². The molecule has 0 N–H and O–H groups in total. The number of rotatable bonds is 4. The molecule has 0 aromatic heterocycles. The molecule has 4 heteroatoms. The van der Waals surface area contributed by atoms with Gasteiger partial charge in [-0.1, -0.05) is 30.3 Å². The summed E-state index contributed by atoms with van der Waals surface area (Å²) in [6, 6.07) is 12.5. The van der Waals surface area contributed by atoms with Crippen LogP contribution in [0.25, 0.3) is 0 Å². The molecule has 4 nitrogen and oxygen atoms in total. The van der Waals surface area contributed by atoms with Crippen molar-refractivity contribution in [2.24, 2.45) is 0 Å². The molecule has 1 atom stereocenters. The Morgan fingerprint density at radius 1 is 1.23 bits per heavy atom. The van der Waals surface area contributed by atoms with Crippen LogP contribution in [0.2, 0.25) is 0 Å². The highest BCUT2D eigenvalue weighted by Gasteiger charge is 2.35. The van der Waals surface area contributed by atoms with Gasteiger partial charge in [0.15, 0.2) is 0 Å². The highest BCUT2D eigenvalue weighted by molar-refractivity contribution is 5.87. The maximum Gasteiger partial charge on any atom is 0.232 e. The number of hydrogen-bond donors (Lipinski definition) is 0. The fraction of sp³-hybridized carbons (Fsp3) is 0.556. The molecule has 2 rings (SSSR count). The van der Waals surface area contributed by atoms with Crippen LogP contribution >= 0.6 is 0 Å². The second-order valence-electron chi connectivity index (χ2n) is 6.53. The molecule has 1 heterocycles. The van der Waals surface area contributed by atoms with Gasteiger partial charge in [0.1, 0.15) is 0 Å². The molecule has 0 aliphatic carbocycles. The van der Waals surface area contributed by atoms with Gasteiger partial charge in [0.05, 0.1) is 17.9 Å². The molecular formula is C18H25N3O. The van der Waals surface area contributed by atoms with Crippen molar-refractivity contribution in [3.63, 3.8) is 0 Å². The van der Waals surface area contributed by atoms with Gasteiger partial charge in [-0.2, -0.15) is 5.26 Å². The molecule has 0 radical (unpaired) electrons. The summed E-state index contributed by atoms with van der Waals surface area (Å²) in [4.78, 5) is 17.1. The average Bonchev–Trinajstić information content (AvgIpc) is 2.55. The first-order chi connectivity index (χ1) is 10.5. The molecule has 0 unspecified atom stereocenters. The van der Waals surface area contributed by atoms with Crippen molar-refractivity contribution in [1.82, 2.24) is 9.80 Å². The van der Waals surface area contributed by atoms with E-state index in [0.29, 0.717) is 6.42 Å². The molecule has 1 saturated heterocycles. The zero-order valence-electron chi connectivity index (χ0n) is 13.7. The molecule has 1 aliphatic heterocycles. The molecule has 1 aromatic carbocycles. The van der Waals surface area contributed by atoms with Crippen LogP contribution in [0.3, 0.4) is 0 Å². The van der Waals surface area contributed by atoms with E-state index < -0.39 is 5.41 Å². The van der Waals surface area contributed by atoms with Gasteiger partial charge in [-0.3, -0.25) is 9.69 Å². The van der Waals surface area contributed by atoms with Crippen LogP contribution in [0.1, 0.15) is 32.8 Å². The Kier molecular flexibility index (Phi) is 5.20. The normalized spacial score (nSPS) is 17.8. The summed E-state index contributed by atoms with van der Waals surface area (Å²) in [6.07, 6.45) is 0.545. The highest BCUT2D eigenvalue weighted by atomic mass is 16.2. The highest BCUT2D eigenvalue weighted by Crippen LogP contribution is 2.26. The smallest absolute Gasteiger partial charge is 0.232 e. The zero-order chi connectivity index (χ0) is 16.2. The standard InChI is InChI=1S/C18H25N3O/c1-15(9-10-19)20-11-13-21(14-12-20)17(22)18(2,3)16-7-5-4-6-8-16/h4-8,15H,9,11-14H2,1-3H3/t15-/m1/s1. The third-order valence-electron chi connectivity index (χ3n) is 4.64. The maximum atomic E-state index is 12.9. The van der Waals surface area contributed by atoms with E-state index in [1.807, 2.05) is 49.1 Å². The molecule has 1 aliphatic rings. The lowest BCUT2D eigenvalue weighted by Gasteiger charge is -2.40. The average molecular weight is 299 g/mol. The van der Waals surface area contributed by atoms with Gasteiger partial charge < -0.3 is 4.90 Å². The lowest BCUT2D eigenvalue weighted by Crippen LogP contribution is -2.54. The number of amides is 1. The van der Waals surface area contributed by atoms with Crippen molar-refractivity contribution < 1.29 is 4.79 Å². The van der Waals surface area contributed by atoms with E-state index in [9.17, 15) is 4.79 Å². The van der Waals surface area contributed by atoms with Crippen molar-refractivity contribution in [3.8, 4) is 6.07 Å². The first kappa shape index (κ1) is 16.5. The first-order valence-electron chi connectivity index (χ1n) is 7.92. The number of benzene rings is 1. The Labute approximate surface area is 133 Å². The number of carbonyl (C=O) groups excluding carboxylic acids is 1. The molecule has 22 heavy (non-hydrogen) atoms. The summed E-state index contributed by atoms with van der Waals surface area (Å²) in [5, 5.41) is 8.80. The lowest BCUT2D eigenvalue weighted by atomic mass is 9.83. The number of hydrogen-bond acceptors (Lipinski definition) is 3. The van der Waals surface area contributed by atoms with Gasteiger partial charge in [-0.15, -0.1) is 0 Å². The fourth-order valence-electron chi connectivity index (χ4n) is 3.00. The summed E-state index contributed by atoms with van der Waals surface area (Å²) in [5.41, 5.74) is 0.557. The van der Waals surface area contributed by atoms with Crippen molar-refractivity contribution >= 4 is 5.91 Å². The number of nitrogens with zero attached hydrogens (tertiary/aromatic N) is 3. The molecule has 118 valence electrons. The second-order valence-corrected chi connectivity index (χ2v) is 6.53. The van der Waals surface area contributed by atoms with Crippen LogP contribution in [0, 0.1) is 11.3 Å². The predicted octanol–water partition coefficient (Wildman–Crippen LogP) is 2.41. The Morgan fingerprint density at radius 3 is 2.36 bits per heavy atom. The third-order valence-corrected chi connectivity index (χ3v) is 4.64. The summed E-state index contributed by atoms with van der Waals surface area (Å²) < 4.78 is 0. The molecule has 1 aromatic rings. The summed E-state index contributed by atoms with van der Waals surface area (Å²) >= 11 is 0. The first-order valence-corrected chi connectivity index (χ1v) is 7.92. The largest absolute Gasteiger partial charge is 0.339 e. The Bertz CT molecular complexity index is 539. The van der Waals surface area contributed by atoms with Crippen LogP contribution in [-0.4, -0.2) is 47.9 Å². The molecule has 1 fully saturated rings. The van der Waals surface area contributed by atoms with Crippen molar-refractivity contribution in [2.75, 3.05) is 26.2 Å². The molecule has 1 amide bonds. The fourth-order valence-corrected chi connectivity index (χ4v) is 3.00. The van der Waals surface area contributed by atoms with E-state index in [-0.39, 0.29) is 11.9 Å². The molecular weight excluding hydrogens is 274 g/mol. The third kappa shape index (κ3) is 3.48. The second kappa shape index (κ2) is 6.93. The van der Waals surface area contributed by atoms with E-state index in [0.717, 1.165) is 31.7 Å². The zero-order valence-corrected chi connectivity index (χ0v) is 13.7. The number of carbonyl (C=O) groups is 1. The van der Waals surface area contributed by atoms with Gasteiger partial charge >= 0.3 is 0 Å². The monoisotopic (exact) mass is 299 g/mol. The molecule has 0 spiro atoms. The topological polar surface area (TPSA) is 47.3 Å². The van der Waals surface area contributed by atoms with Gasteiger partial charge in [-0.25, -0.2) is 0 Å².